The average Bonchev–Trinajstić information content (AvgIpc) is 2.41. The summed E-state index contributed by atoms with van der Waals surface area (Å²) in [4.78, 5) is 2.42. The highest BCUT2D eigenvalue weighted by Crippen LogP contribution is 2.24. The van der Waals surface area contributed by atoms with Crippen LogP contribution in [0.5, 0.6) is 0 Å². The molecule has 0 aliphatic rings. The van der Waals surface area contributed by atoms with Gasteiger partial charge in [0.25, 0.3) is 0 Å². The quantitative estimate of drug-likeness (QED) is 0.782. The molecule has 0 saturated carbocycles. The molecule has 0 saturated heterocycles. The predicted octanol–water partition coefficient (Wildman–Crippen LogP) is 3.68. The van der Waals surface area contributed by atoms with E-state index in [-0.39, 0.29) is 0 Å². The maximum Gasteiger partial charge on any atom is 0.0411 e. The fourth-order valence-corrected chi connectivity index (χ4v) is 2.76. The Bertz CT molecular complexity index is 379. The van der Waals surface area contributed by atoms with Crippen molar-refractivity contribution in [3.05, 3.63) is 29.3 Å². The molecule has 1 atom stereocenters. The van der Waals surface area contributed by atoms with E-state index in [0.717, 1.165) is 13.1 Å². The van der Waals surface area contributed by atoms with E-state index in [0.29, 0.717) is 6.04 Å². The van der Waals surface area contributed by atoms with E-state index in [1.54, 1.807) is 0 Å². The molecule has 0 heterocycles. The Kier molecular flexibility index (Phi) is 7.32. The minimum Gasteiger partial charge on any atom is -0.372 e. The molecule has 1 N–H and O–H groups in total. The standard InChI is InChI=1S/C16H28N2S/c1-6-17-12-15-11-13(2)7-8-16(15)18(4)14(3)9-10-19-5/h7-8,11,14,17H,6,9-10,12H2,1-5H3. The molecule has 2 nitrogen and oxygen atoms in total. The molecule has 19 heavy (non-hydrogen) atoms. The molecule has 1 aromatic rings. The number of benzene rings is 1. The number of aryl methyl sites for hydroxylation is 1. The molecule has 0 aromatic heterocycles. The second-order valence-electron chi connectivity index (χ2n) is 5.15. The summed E-state index contributed by atoms with van der Waals surface area (Å²) in [6.07, 6.45) is 3.40. The topological polar surface area (TPSA) is 15.3 Å². The van der Waals surface area contributed by atoms with Crippen molar-refractivity contribution in [1.82, 2.24) is 5.32 Å². The van der Waals surface area contributed by atoms with E-state index in [1.165, 1.54) is 29.0 Å². The average molecular weight is 280 g/mol. The Balaban J connectivity index is 2.84. The van der Waals surface area contributed by atoms with Crippen LogP contribution < -0.4 is 10.2 Å². The number of anilines is 1. The molecule has 0 amide bonds. The fraction of sp³-hybridized carbons (Fsp3) is 0.625. The first kappa shape index (κ1) is 16.4. The molecular weight excluding hydrogens is 252 g/mol. The van der Waals surface area contributed by atoms with Crippen molar-refractivity contribution in [3.8, 4) is 0 Å². The SMILES string of the molecule is CCNCc1cc(C)ccc1N(C)C(C)CCSC. The Labute approximate surface area is 123 Å². The molecule has 0 aliphatic heterocycles. The van der Waals surface area contributed by atoms with Crippen LogP contribution in [0.15, 0.2) is 18.2 Å². The summed E-state index contributed by atoms with van der Waals surface area (Å²) in [5.74, 6) is 1.22. The van der Waals surface area contributed by atoms with Crippen LogP contribution in [0, 0.1) is 6.92 Å². The van der Waals surface area contributed by atoms with Gasteiger partial charge in [0, 0.05) is 25.3 Å². The highest BCUT2D eigenvalue weighted by Gasteiger charge is 2.13. The van der Waals surface area contributed by atoms with E-state index in [2.05, 4.69) is 62.5 Å². The van der Waals surface area contributed by atoms with Crippen molar-refractivity contribution in [2.75, 3.05) is 30.5 Å². The van der Waals surface area contributed by atoms with Crippen LogP contribution in [0.1, 0.15) is 31.4 Å². The lowest BCUT2D eigenvalue weighted by atomic mass is 10.1. The van der Waals surface area contributed by atoms with Gasteiger partial charge < -0.3 is 10.2 Å². The van der Waals surface area contributed by atoms with Crippen molar-refractivity contribution < 1.29 is 0 Å². The van der Waals surface area contributed by atoms with E-state index in [4.69, 9.17) is 0 Å². The normalized spacial score (nSPS) is 12.5. The maximum absolute atomic E-state index is 3.44. The molecule has 0 fully saturated rings. The van der Waals surface area contributed by atoms with Crippen LogP contribution in [-0.4, -0.2) is 31.6 Å². The summed E-state index contributed by atoms with van der Waals surface area (Å²) in [6.45, 7) is 8.59. The number of rotatable bonds is 8. The van der Waals surface area contributed by atoms with Gasteiger partial charge in [-0.1, -0.05) is 24.6 Å². The summed E-state index contributed by atoms with van der Waals surface area (Å²) in [5.41, 5.74) is 4.10. The van der Waals surface area contributed by atoms with E-state index >= 15 is 0 Å². The molecule has 0 aliphatic carbocycles. The van der Waals surface area contributed by atoms with E-state index in [9.17, 15) is 0 Å². The van der Waals surface area contributed by atoms with Crippen molar-refractivity contribution in [3.63, 3.8) is 0 Å². The van der Waals surface area contributed by atoms with Crippen molar-refractivity contribution in [2.24, 2.45) is 0 Å². The Morgan fingerprint density at radius 2 is 2.11 bits per heavy atom. The monoisotopic (exact) mass is 280 g/mol. The summed E-state index contributed by atoms with van der Waals surface area (Å²) >= 11 is 1.92. The molecule has 1 rings (SSSR count). The van der Waals surface area contributed by atoms with Crippen LogP contribution in [-0.2, 0) is 6.54 Å². The predicted molar refractivity (Wildman–Crippen MR) is 89.4 cm³/mol. The summed E-state index contributed by atoms with van der Waals surface area (Å²) in [6, 6.07) is 7.35. The van der Waals surface area contributed by atoms with Gasteiger partial charge in [0.2, 0.25) is 0 Å². The minimum absolute atomic E-state index is 0.579. The summed E-state index contributed by atoms with van der Waals surface area (Å²) in [7, 11) is 2.21. The number of nitrogens with zero attached hydrogens (tertiary/aromatic N) is 1. The van der Waals surface area contributed by atoms with Crippen LogP contribution in [0.3, 0.4) is 0 Å². The highest BCUT2D eigenvalue weighted by atomic mass is 32.2. The molecule has 1 aromatic carbocycles. The van der Waals surface area contributed by atoms with E-state index in [1.807, 2.05) is 11.8 Å². The number of nitrogens with one attached hydrogen (secondary N) is 1. The van der Waals surface area contributed by atoms with Gasteiger partial charge in [-0.05, 0) is 50.5 Å². The van der Waals surface area contributed by atoms with Crippen molar-refractivity contribution in [2.45, 2.75) is 39.8 Å². The van der Waals surface area contributed by atoms with Crippen LogP contribution in [0.25, 0.3) is 0 Å². The minimum atomic E-state index is 0.579. The fourth-order valence-electron chi connectivity index (χ4n) is 2.18. The number of thioether (sulfide) groups is 1. The van der Waals surface area contributed by atoms with Crippen molar-refractivity contribution in [1.29, 1.82) is 0 Å². The highest BCUT2D eigenvalue weighted by molar-refractivity contribution is 7.98. The lowest BCUT2D eigenvalue weighted by Crippen LogP contribution is -2.30. The van der Waals surface area contributed by atoms with Crippen LogP contribution in [0.4, 0.5) is 5.69 Å². The Morgan fingerprint density at radius 1 is 1.37 bits per heavy atom. The summed E-state index contributed by atoms with van der Waals surface area (Å²) < 4.78 is 0. The smallest absolute Gasteiger partial charge is 0.0411 e. The first-order valence-electron chi connectivity index (χ1n) is 7.12. The molecule has 3 heteroatoms. The first-order valence-corrected chi connectivity index (χ1v) is 8.51. The van der Waals surface area contributed by atoms with Crippen molar-refractivity contribution >= 4 is 17.4 Å². The third-order valence-corrected chi connectivity index (χ3v) is 4.23. The van der Waals surface area contributed by atoms with Gasteiger partial charge in [-0.25, -0.2) is 0 Å². The summed E-state index contributed by atoms with van der Waals surface area (Å²) in [5, 5.41) is 3.44. The number of hydrogen-bond acceptors (Lipinski definition) is 3. The lowest BCUT2D eigenvalue weighted by Gasteiger charge is -2.29. The third-order valence-electron chi connectivity index (χ3n) is 3.58. The second-order valence-corrected chi connectivity index (χ2v) is 6.14. The molecule has 108 valence electrons. The molecule has 0 radical (unpaired) electrons. The first-order chi connectivity index (χ1) is 9.10. The molecule has 0 bridgehead atoms. The Hall–Kier alpha value is -0.670. The van der Waals surface area contributed by atoms with Gasteiger partial charge in [-0.2, -0.15) is 11.8 Å². The van der Waals surface area contributed by atoms with Gasteiger partial charge >= 0.3 is 0 Å². The maximum atomic E-state index is 3.44. The van der Waals surface area contributed by atoms with E-state index < -0.39 is 0 Å². The van der Waals surface area contributed by atoms with Crippen LogP contribution >= 0.6 is 11.8 Å². The largest absolute Gasteiger partial charge is 0.372 e. The Morgan fingerprint density at radius 3 is 2.74 bits per heavy atom. The second kappa shape index (κ2) is 8.49. The zero-order chi connectivity index (χ0) is 14.3. The molecule has 0 spiro atoms. The molecular formula is C16H28N2S. The van der Waals surface area contributed by atoms with Gasteiger partial charge in [0.1, 0.15) is 0 Å². The zero-order valence-corrected chi connectivity index (χ0v) is 13.8. The lowest BCUT2D eigenvalue weighted by molar-refractivity contribution is 0.659. The number of hydrogen-bond donors (Lipinski definition) is 1. The van der Waals surface area contributed by atoms with Gasteiger partial charge in [0.05, 0.1) is 0 Å². The third kappa shape index (κ3) is 5.07. The van der Waals surface area contributed by atoms with Crippen LogP contribution in [0.2, 0.25) is 0 Å². The van der Waals surface area contributed by atoms with Gasteiger partial charge in [0.15, 0.2) is 0 Å². The zero-order valence-electron chi connectivity index (χ0n) is 13.0. The van der Waals surface area contributed by atoms with Gasteiger partial charge in [-0.3, -0.25) is 0 Å². The van der Waals surface area contributed by atoms with Gasteiger partial charge in [-0.15, -0.1) is 0 Å². The molecule has 1 unspecified atom stereocenters.